The van der Waals surface area contributed by atoms with Crippen LogP contribution in [0.4, 0.5) is 0 Å². The van der Waals surface area contributed by atoms with E-state index in [1.165, 1.54) is 22.3 Å². The molecule has 3 rings (SSSR count). The largest absolute Gasteiger partial charge is 0.497 e. The van der Waals surface area contributed by atoms with Gasteiger partial charge in [-0.15, -0.1) is 0 Å². The van der Waals surface area contributed by atoms with Crippen molar-refractivity contribution in [2.45, 2.75) is 25.7 Å². The van der Waals surface area contributed by atoms with Crippen LogP contribution in [0.3, 0.4) is 0 Å². The van der Waals surface area contributed by atoms with Crippen LogP contribution < -0.4 is 14.2 Å². The van der Waals surface area contributed by atoms with Gasteiger partial charge in [0.15, 0.2) is 0 Å². The number of methoxy groups -OCH3 is 3. The van der Waals surface area contributed by atoms with E-state index in [0.29, 0.717) is 0 Å². The van der Waals surface area contributed by atoms with Gasteiger partial charge in [0.05, 0.1) is 21.3 Å². The van der Waals surface area contributed by atoms with Gasteiger partial charge in [0, 0.05) is 6.07 Å². The standard InChI is InChI=1S/C25H28O3/c1-26-23-13-11-19(12-14-23)7-8-20-5-4-6-21(15-20)9-10-22-16-24(27-2)18-25(17-22)28-3/h4-6,11-18H,7-10H2,1-3H3. The zero-order chi connectivity index (χ0) is 19.8. The summed E-state index contributed by atoms with van der Waals surface area (Å²) < 4.78 is 16.0. The van der Waals surface area contributed by atoms with Gasteiger partial charge in [0.25, 0.3) is 0 Å². The first-order valence-electron chi connectivity index (χ1n) is 9.63. The molecular formula is C25H28O3. The molecule has 0 fully saturated rings. The highest BCUT2D eigenvalue weighted by molar-refractivity contribution is 5.39. The van der Waals surface area contributed by atoms with Gasteiger partial charge in [0.1, 0.15) is 17.2 Å². The van der Waals surface area contributed by atoms with Gasteiger partial charge < -0.3 is 14.2 Å². The molecule has 0 aromatic heterocycles. The molecule has 0 spiro atoms. The average Bonchev–Trinajstić information content (AvgIpc) is 2.76. The second-order valence-corrected chi connectivity index (χ2v) is 6.89. The van der Waals surface area contributed by atoms with Crippen LogP contribution in [0.5, 0.6) is 17.2 Å². The lowest BCUT2D eigenvalue weighted by Gasteiger charge is -2.09. The van der Waals surface area contributed by atoms with Crippen LogP contribution in [0.15, 0.2) is 66.7 Å². The third kappa shape index (κ3) is 5.53. The van der Waals surface area contributed by atoms with E-state index in [4.69, 9.17) is 14.2 Å². The lowest BCUT2D eigenvalue weighted by molar-refractivity contribution is 0.393. The molecule has 0 aliphatic rings. The number of rotatable bonds is 9. The van der Waals surface area contributed by atoms with Gasteiger partial charge in [-0.05, 0) is 72.2 Å². The Morgan fingerprint density at radius 2 is 0.964 bits per heavy atom. The van der Waals surface area contributed by atoms with Gasteiger partial charge in [-0.25, -0.2) is 0 Å². The van der Waals surface area contributed by atoms with Gasteiger partial charge >= 0.3 is 0 Å². The minimum atomic E-state index is 0.836. The molecule has 0 heterocycles. The van der Waals surface area contributed by atoms with Crippen molar-refractivity contribution in [1.82, 2.24) is 0 Å². The third-order valence-corrected chi connectivity index (χ3v) is 4.97. The topological polar surface area (TPSA) is 27.7 Å². The summed E-state index contributed by atoms with van der Waals surface area (Å²) in [6.07, 6.45) is 4.01. The van der Waals surface area contributed by atoms with Crippen molar-refractivity contribution in [2.24, 2.45) is 0 Å². The molecule has 0 amide bonds. The monoisotopic (exact) mass is 376 g/mol. The Labute approximate surface area is 167 Å². The zero-order valence-corrected chi connectivity index (χ0v) is 16.9. The van der Waals surface area contributed by atoms with Crippen LogP contribution in [0.25, 0.3) is 0 Å². The Hall–Kier alpha value is -2.94. The minimum Gasteiger partial charge on any atom is -0.497 e. The maximum absolute atomic E-state index is 5.37. The lowest BCUT2D eigenvalue weighted by atomic mass is 9.99. The molecule has 0 unspecified atom stereocenters. The highest BCUT2D eigenvalue weighted by Gasteiger charge is 2.04. The minimum absolute atomic E-state index is 0.836. The fourth-order valence-electron chi connectivity index (χ4n) is 3.32. The van der Waals surface area contributed by atoms with E-state index in [0.717, 1.165) is 42.9 Å². The maximum Gasteiger partial charge on any atom is 0.122 e. The first kappa shape index (κ1) is 19.8. The molecule has 146 valence electrons. The number of hydrogen-bond donors (Lipinski definition) is 0. The molecule has 0 bridgehead atoms. The fourth-order valence-corrected chi connectivity index (χ4v) is 3.32. The fraction of sp³-hybridized carbons (Fsp3) is 0.280. The lowest BCUT2D eigenvalue weighted by Crippen LogP contribution is -1.96. The van der Waals surface area contributed by atoms with Crippen molar-refractivity contribution in [3.8, 4) is 17.2 Å². The van der Waals surface area contributed by atoms with Crippen LogP contribution in [0.1, 0.15) is 22.3 Å². The summed E-state index contributed by atoms with van der Waals surface area (Å²) in [7, 11) is 5.07. The second-order valence-electron chi connectivity index (χ2n) is 6.89. The van der Waals surface area contributed by atoms with E-state index in [-0.39, 0.29) is 0 Å². The Kier molecular flexibility index (Phi) is 6.96. The molecule has 0 aliphatic heterocycles. The van der Waals surface area contributed by atoms with Gasteiger partial charge in [-0.1, -0.05) is 36.4 Å². The average molecular weight is 376 g/mol. The molecule has 0 N–H and O–H groups in total. The molecule has 0 radical (unpaired) electrons. The summed E-state index contributed by atoms with van der Waals surface area (Å²) in [5.41, 5.74) is 5.28. The Balaban J connectivity index is 1.60. The number of hydrogen-bond acceptors (Lipinski definition) is 3. The summed E-state index contributed by atoms with van der Waals surface area (Å²) in [5.74, 6) is 2.57. The quantitative estimate of drug-likeness (QED) is 0.508. The molecular weight excluding hydrogens is 348 g/mol. The van der Waals surface area contributed by atoms with E-state index < -0.39 is 0 Å². The second kappa shape index (κ2) is 9.84. The van der Waals surface area contributed by atoms with Gasteiger partial charge in [0.2, 0.25) is 0 Å². The highest BCUT2D eigenvalue weighted by Crippen LogP contribution is 2.23. The highest BCUT2D eigenvalue weighted by atomic mass is 16.5. The predicted octanol–water partition coefficient (Wildman–Crippen LogP) is 5.28. The zero-order valence-electron chi connectivity index (χ0n) is 16.9. The van der Waals surface area contributed by atoms with Crippen molar-refractivity contribution < 1.29 is 14.2 Å². The van der Waals surface area contributed by atoms with Crippen molar-refractivity contribution in [3.05, 3.63) is 89.0 Å². The normalized spacial score (nSPS) is 10.5. The number of benzene rings is 3. The molecule has 3 aromatic carbocycles. The Morgan fingerprint density at radius 3 is 1.50 bits per heavy atom. The summed E-state index contributed by atoms with van der Waals surface area (Å²) in [6.45, 7) is 0. The summed E-state index contributed by atoms with van der Waals surface area (Å²) in [6, 6.07) is 23.3. The van der Waals surface area contributed by atoms with E-state index in [1.54, 1.807) is 21.3 Å². The van der Waals surface area contributed by atoms with Crippen LogP contribution in [-0.2, 0) is 25.7 Å². The van der Waals surface area contributed by atoms with Crippen LogP contribution in [0, 0.1) is 0 Å². The third-order valence-electron chi connectivity index (χ3n) is 4.97. The van der Waals surface area contributed by atoms with E-state index in [2.05, 4.69) is 48.5 Å². The molecule has 0 atom stereocenters. The SMILES string of the molecule is COc1ccc(CCc2cccc(CCc3cc(OC)cc(OC)c3)c2)cc1. The van der Waals surface area contributed by atoms with Crippen molar-refractivity contribution in [3.63, 3.8) is 0 Å². The van der Waals surface area contributed by atoms with Crippen LogP contribution in [0.2, 0.25) is 0 Å². The molecule has 0 aliphatic carbocycles. The smallest absolute Gasteiger partial charge is 0.122 e. The summed E-state index contributed by atoms with van der Waals surface area (Å²) >= 11 is 0. The summed E-state index contributed by atoms with van der Waals surface area (Å²) in [5, 5.41) is 0. The van der Waals surface area contributed by atoms with Crippen LogP contribution in [-0.4, -0.2) is 21.3 Å². The van der Waals surface area contributed by atoms with Gasteiger partial charge in [-0.3, -0.25) is 0 Å². The predicted molar refractivity (Wildman–Crippen MR) is 114 cm³/mol. The molecule has 3 nitrogen and oxygen atoms in total. The number of ether oxygens (including phenoxy) is 3. The van der Waals surface area contributed by atoms with Crippen LogP contribution >= 0.6 is 0 Å². The first-order valence-corrected chi connectivity index (χ1v) is 9.63. The van der Waals surface area contributed by atoms with Crippen molar-refractivity contribution in [2.75, 3.05) is 21.3 Å². The molecule has 0 saturated heterocycles. The summed E-state index contributed by atoms with van der Waals surface area (Å²) in [4.78, 5) is 0. The van der Waals surface area contributed by atoms with Crippen molar-refractivity contribution in [1.29, 1.82) is 0 Å². The molecule has 0 saturated carbocycles. The first-order chi connectivity index (χ1) is 13.7. The van der Waals surface area contributed by atoms with Gasteiger partial charge in [-0.2, -0.15) is 0 Å². The van der Waals surface area contributed by atoms with E-state index in [9.17, 15) is 0 Å². The molecule has 3 aromatic rings. The van der Waals surface area contributed by atoms with E-state index >= 15 is 0 Å². The Bertz CT molecular complexity index is 862. The van der Waals surface area contributed by atoms with Crippen molar-refractivity contribution >= 4 is 0 Å². The Morgan fingerprint density at radius 1 is 0.464 bits per heavy atom. The maximum atomic E-state index is 5.37. The molecule has 3 heteroatoms. The molecule has 28 heavy (non-hydrogen) atoms. The number of aryl methyl sites for hydroxylation is 4. The van der Waals surface area contributed by atoms with E-state index in [1.807, 2.05) is 18.2 Å².